The first-order valence-electron chi connectivity index (χ1n) is 8.44. The molecule has 5 aromatic rings. The Kier molecular flexibility index (Phi) is 4.27. The minimum atomic E-state index is 0.926. The van der Waals surface area contributed by atoms with Gasteiger partial charge < -0.3 is 4.98 Å². The van der Waals surface area contributed by atoms with Gasteiger partial charge in [0.25, 0.3) is 0 Å². The number of hydrogen-bond donors (Lipinski definition) is 1. The molecule has 1 aromatic carbocycles. The summed E-state index contributed by atoms with van der Waals surface area (Å²) in [5.74, 6) is 0. The summed E-state index contributed by atoms with van der Waals surface area (Å²) in [6.45, 7) is 0. The van der Waals surface area contributed by atoms with Gasteiger partial charge >= 0.3 is 0 Å². The number of fused-ring (bicyclic) bond motifs is 3. The molecule has 4 nitrogen and oxygen atoms in total. The van der Waals surface area contributed by atoms with Crippen LogP contribution in [0, 0.1) is 0 Å². The van der Waals surface area contributed by atoms with Crippen molar-refractivity contribution in [2.75, 3.05) is 0 Å². The number of nitrogens with one attached hydrogen (secondary N) is 1. The van der Waals surface area contributed by atoms with Crippen molar-refractivity contribution in [2.45, 2.75) is 19.7 Å². The Labute approximate surface area is 164 Å². The third-order valence-electron chi connectivity index (χ3n) is 4.19. The van der Waals surface area contributed by atoms with E-state index in [-0.39, 0.29) is 0 Å². The van der Waals surface area contributed by atoms with Crippen LogP contribution in [0.3, 0.4) is 0 Å². The van der Waals surface area contributed by atoms with Gasteiger partial charge in [0.15, 0.2) is 0 Å². The van der Waals surface area contributed by atoms with Gasteiger partial charge in [0, 0.05) is 56.4 Å². The SMILES string of the molecule is c1cncc(Sc2ccnc3c2ccc2c(Sc4ccc[nH]4)ccnc23)c1. The molecule has 27 heavy (non-hydrogen) atoms. The van der Waals surface area contributed by atoms with E-state index < -0.39 is 0 Å². The number of aromatic nitrogens is 4. The van der Waals surface area contributed by atoms with Crippen LogP contribution < -0.4 is 0 Å². The van der Waals surface area contributed by atoms with Crippen molar-refractivity contribution in [3.63, 3.8) is 0 Å². The largest absolute Gasteiger partial charge is 0.356 e. The molecule has 0 aliphatic heterocycles. The van der Waals surface area contributed by atoms with Gasteiger partial charge in [0.2, 0.25) is 0 Å². The minimum Gasteiger partial charge on any atom is -0.356 e. The van der Waals surface area contributed by atoms with Gasteiger partial charge in [-0.2, -0.15) is 0 Å². The first-order valence-corrected chi connectivity index (χ1v) is 10.1. The number of H-pyrrole nitrogens is 1. The van der Waals surface area contributed by atoms with Gasteiger partial charge in [-0.05, 0) is 36.4 Å². The van der Waals surface area contributed by atoms with Gasteiger partial charge in [-0.15, -0.1) is 0 Å². The Morgan fingerprint density at radius 1 is 0.704 bits per heavy atom. The van der Waals surface area contributed by atoms with E-state index in [2.05, 4.69) is 44.2 Å². The highest BCUT2D eigenvalue weighted by Gasteiger charge is 2.11. The van der Waals surface area contributed by atoms with Crippen molar-refractivity contribution in [1.29, 1.82) is 0 Å². The van der Waals surface area contributed by atoms with Crippen LogP contribution >= 0.6 is 23.5 Å². The fourth-order valence-corrected chi connectivity index (χ4v) is 4.82. The second-order valence-electron chi connectivity index (χ2n) is 5.90. The molecule has 0 spiro atoms. The van der Waals surface area contributed by atoms with Gasteiger partial charge in [-0.25, -0.2) is 0 Å². The first-order chi connectivity index (χ1) is 13.4. The Bertz CT molecular complexity index is 1220. The van der Waals surface area contributed by atoms with Gasteiger partial charge in [-0.3, -0.25) is 15.0 Å². The molecule has 0 saturated heterocycles. The average molecular weight is 387 g/mol. The molecule has 0 amide bonds. The Morgan fingerprint density at radius 3 is 2.07 bits per heavy atom. The fourth-order valence-electron chi connectivity index (χ4n) is 2.99. The van der Waals surface area contributed by atoms with Crippen LogP contribution in [0.1, 0.15) is 0 Å². The minimum absolute atomic E-state index is 0.926. The second kappa shape index (κ2) is 7.06. The van der Waals surface area contributed by atoms with E-state index in [1.54, 1.807) is 29.7 Å². The molecule has 1 N–H and O–H groups in total. The molecule has 6 heteroatoms. The quantitative estimate of drug-likeness (QED) is 0.395. The van der Waals surface area contributed by atoms with E-state index in [1.165, 1.54) is 0 Å². The Hall–Kier alpha value is -2.83. The van der Waals surface area contributed by atoms with Crippen LogP contribution in [0.2, 0.25) is 0 Å². The molecule has 0 atom stereocenters. The summed E-state index contributed by atoms with van der Waals surface area (Å²) < 4.78 is 0. The standard InChI is InChI=1S/C21H14N4S2/c1-3-14(13-22-9-1)26-17-7-11-24-20-15(17)5-6-16-18(8-12-25-21(16)20)27-19-4-2-10-23-19/h1-13,23H. The van der Waals surface area contributed by atoms with Crippen molar-refractivity contribution in [3.05, 3.63) is 79.5 Å². The molecule has 4 aromatic heterocycles. The molecule has 5 rings (SSSR count). The van der Waals surface area contributed by atoms with Crippen LogP contribution in [-0.2, 0) is 0 Å². The molecular formula is C21H14N4S2. The van der Waals surface area contributed by atoms with Crippen molar-refractivity contribution in [2.24, 2.45) is 0 Å². The maximum atomic E-state index is 4.64. The lowest BCUT2D eigenvalue weighted by molar-refractivity contribution is 1.20. The molecule has 4 heterocycles. The highest BCUT2D eigenvalue weighted by molar-refractivity contribution is 7.99. The zero-order valence-corrected chi connectivity index (χ0v) is 15.8. The second-order valence-corrected chi connectivity index (χ2v) is 8.10. The molecule has 130 valence electrons. The number of pyridine rings is 3. The van der Waals surface area contributed by atoms with Crippen molar-refractivity contribution in [1.82, 2.24) is 19.9 Å². The van der Waals surface area contributed by atoms with Crippen LogP contribution in [0.25, 0.3) is 21.8 Å². The molecular weight excluding hydrogens is 372 g/mol. The summed E-state index contributed by atoms with van der Waals surface area (Å²) in [5, 5.41) is 3.32. The predicted molar refractivity (Wildman–Crippen MR) is 110 cm³/mol. The maximum Gasteiger partial charge on any atom is 0.0976 e. The zero-order valence-electron chi connectivity index (χ0n) is 14.2. The summed E-state index contributed by atoms with van der Waals surface area (Å²) in [5.41, 5.74) is 1.85. The summed E-state index contributed by atoms with van der Waals surface area (Å²) in [7, 11) is 0. The van der Waals surface area contributed by atoms with E-state index in [0.29, 0.717) is 0 Å². The Morgan fingerprint density at radius 2 is 1.44 bits per heavy atom. The first kappa shape index (κ1) is 16.4. The number of nitrogens with zero attached hydrogens (tertiary/aromatic N) is 3. The number of rotatable bonds is 4. The summed E-state index contributed by atoms with van der Waals surface area (Å²) in [6.07, 6.45) is 9.31. The summed E-state index contributed by atoms with van der Waals surface area (Å²) >= 11 is 3.40. The average Bonchev–Trinajstić information content (AvgIpc) is 3.22. The third-order valence-corrected chi connectivity index (χ3v) is 6.30. The van der Waals surface area contributed by atoms with Crippen LogP contribution in [0.4, 0.5) is 0 Å². The van der Waals surface area contributed by atoms with E-state index in [9.17, 15) is 0 Å². The molecule has 0 saturated carbocycles. The van der Waals surface area contributed by atoms with Crippen LogP contribution in [0.5, 0.6) is 0 Å². The maximum absolute atomic E-state index is 4.64. The van der Waals surface area contributed by atoms with Gasteiger partial charge in [-0.1, -0.05) is 35.7 Å². The van der Waals surface area contributed by atoms with E-state index in [0.717, 1.165) is 41.5 Å². The van der Waals surface area contributed by atoms with Gasteiger partial charge in [0.05, 0.1) is 16.1 Å². The molecule has 0 aliphatic carbocycles. The Balaban J connectivity index is 1.64. The lowest BCUT2D eigenvalue weighted by Gasteiger charge is -2.10. The fraction of sp³-hybridized carbons (Fsp3) is 0. The zero-order chi connectivity index (χ0) is 18.1. The van der Waals surface area contributed by atoms with Crippen molar-refractivity contribution in [3.8, 4) is 0 Å². The van der Waals surface area contributed by atoms with E-state index in [4.69, 9.17) is 0 Å². The summed E-state index contributed by atoms with van der Waals surface area (Å²) in [6, 6.07) is 16.5. The highest BCUT2D eigenvalue weighted by atomic mass is 32.2. The van der Waals surface area contributed by atoms with E-state index >= 15 is 0 Å². The van der Waals surface area contributed by atoms with E-state index in [1.807, 2.05) is 49.1 Å². The molecule has 0 aliphatic rings. The highest BCUT2D eigenvalue weighted by Crippen LogP contribution is 2.37. The number of hydrogen-bond acceptors (Lipinski definition) is 5. The lowest BCUT2D eigenvalue weighted by atomic mass is 10.1. The summed E-state index contributed by atoms with van der Waals surface area (Å²) in [4.78, 5) is 20.1. The van der Waals surface area contributed by atoms with Gasteiger partial charge in [0.1, 0.15) is 0 Å². The number of aromatic amines is 1. The topological polar surface area (TPSA) is 54.5 Å². The third kappa shape index (κ3) is 3.18. The lowest BCUT2D eigenvalue weighted by Crippen LogP contribution is -1.89. The number of benzene rings is 1. The molecule has 0 unspecified atom stereocenters. The van der Waals surface area contributed by atoms with Crippen LogP contribution in [0.15, 0.2) is 99.2 Å². The molecule has 0 radical (unpaired) electrons. The van der Waals surface area contributed by atoms with Crippen molar-refractivity contribution < 1.29 is 0 Å². The molecule has 0 bridgehead atoms. The molecule has 0 fully saturated rings. The van der Waals surface area contributed by atoms with Crippen LogP contribution in [-0.4, -0.2) is 19.9 Å². The smallest absolute Gasteiger partial charge is 0.0976 e. The monoisotopic (exact) mass is 386 g/mol. The predicted octanol–water partition coefficient (Wildman–Crippen LogP) is 5.81. The normalized spacial score (nSPS) is 11.3. The van der Waals surface area contributed by atoms with Crippen molar-refractivity contribution >= 4 is 45.3 Å².